The van der Waals surface area contributed by atoms with Gasteiger partial charge in [-0.25, -0.2) is 0 Å². The van der Waals surface area contributed by atoms with Crippen molar-refractivity contribution in [2.75, 3.05) is 25.0 Å². The van der Waals surface area contributed by atoms with Crippen molar-refractivity contribution in [1.29, 1.82) is 0 Å². The van der Waals surface area contributed by atoms with Crippen molar-refractivity contribution >= 4 is 11.6 Å². The molecule has 0 spiro atoms. The molecule has 2 rings (SSSR count). The summed E-state index contributed by atoms with van der Waals surface area (Å²) in [5.74, 6) is 1.36. The van der Waals surface area contributed by atoms with Gasteiger partial charge in [0.2, 0.25) is 0 Å². The Morgan fingerprint density at radius 2 is 2.25 bits per heavy atom. The van der Waals surface area contributed by atoms with E-state index in [4.69, 9.17) is 4.74 Å². The van der Waals surface area contributed by atoms with E-state index in [1.165, 1.54) is 6.42 Å². The van der Waals surface area contributed by atoms with Crippen LogP contribution in [0.1, 0.15) is 43.5 Å². The first-order valence-corrected chi connectivity index (χ1v) is 7.46. The van der Waals surface area contributed by atoms with E-state index in [9.17, 15) is 4.79 Å². The lowest BCUT2D eigenvalue weighted by Crippen LogP contribution is -2.27. The summed E-state index contributed by atoms with van der Waals surface area (Å²) in [5.41, 5.74) is 1.53. The molecule has 0 aliphatic carbocycles. The van der Waals surface area contributed by atoms with Crippen molar-refractivity contribution < 1.29 is 9.53 Å². The van der Waals surface area contributed by atoms with Gasteiger partial charge in [-0.1, -0.05) is 32.8 Å². The molecule has 0 saturated heterocycles. The van der Waals surface area contributed by atoms with Crippen molar-refractivity contribution in [1.82, 2.24) is 5.32 Å². The van der Waals surface area contributed by atoms with Crippen LogP contribution in [0.5, 0.6) is 5.75 Å². The minimum atomic E-state index is -0.0462. The molecule has 1 heterocycles. The van der Waals surface area contributed by atoms with Crippen LogP contribution in [0, 0.1) is 5.92 Å². The highest BCUT2D eigenvalue weighted by Crippen LogP contribution is 2.30. The summed E-state index contributed by atoms with van der Waals surface area (Å²) in [6.07, 6.45) is 3.39. The number of amides is 1. The molecule has 1 aliphatic rings. The van der Waals surface area contributed by atoms with Crippen LogP contribution < -0.4 is 15.4 Å². The first-order valence-electron chi connectivity index (χ1n) is 7.46. The lowest BCUT2D eigenvalue weighted by Gasteiger charge is -2.21. The second-order valence-electron chi connectivity index (χ2n) is 5.60. The molecule has 0 radical (unpaired) electrons. The standard InChI is InChI=1S/C16H24N2O2/c1-12(2)6-3-4-9-18-16(19)13-7-5-8-14-15(13)20-11-10-17-14/h5,7-8,12,17H,3-4,6,9-11H2,1-2H3,(H,18,19). The average molecular weight is 276 g/mol. The number of hydrogen-bond donors (Lipinski definition) is 2. The Morgan fingerprint density at radius 1 is 1.40 bits per heavy atom. The van der Waals surface area contributed by atoms with Crippen molar-refractivity contribution in [3.05, 3.63) is 23.8 Å². The predicted molar refractivity (Wildman–Crippen MR) is 81.4 cm³/mol. The van der Waals surface area contributed by atoms with Crippen LogP contribution in [0.15, 0.2) is 18.2 Å². The van der Waals surface area contributed by atoms with E-state index < -0.39 is 0 Å². The molecule has 0 bridgehead atoms. The van der Waals surface area contributed by atoms with Gasteiger partial charge in [0, 0.05) is 13.1 Å². The summed E-state index contributed by atoms with van der Waals surface area (Å²) in [6.45, 7) is 6.56. The van der Waals surface area contributed by atoms with Crippen molar-refractivity contribution in [2.45, 2.75) is 33.1 Å². The van der Waals surface area contributed by atoms with E-state index in [1.807, 2.05) is 18.2 Å². The molecule has 1 amide bonds. The topological polar surface area (TPSA) is 50.4 Å². The number of carbonyl (C=O) groups excluding carboxylic acids is 1. The molecule has 4 nitrogen and oxygen atoms in total. The molecule has 1 aromatic rings. The van der Waals surface area contributed by atoms with Crippen LogP contribution >= 0.6 is 0 Å². The van der Waals surface area contributed by atoms with Gasteiger partial charge in [-0.15, -0.1) is 0 Å². The van der Waals surface area contributed by atoms with Gasteiger partial charge in [-0.3, -0.25) is 4.79 Å². The van der Waals surface area contributed by atoms with E-state index in [2.05, 4.69) is 24.5 Å². The Kier molecular flexibility index (Phi) is 5.27. The predicted octanol–water partition coefficient (Wildman–Crippen LogP) is 3.05. The minimum Gasteiger partial charge on any atom is -0.489 e. The highest BCUT2D eigenvalue weighted by atomic mass is 16.5. The van der Waals surface area contributed by atoms with E-state index in [-0.39, 0.29) is 5.91 Å². The van der Waals surface area contributed by atoms with Gasteiger partial charge in [0.15, 0.2) is 5.75 Å². The summed E-state index contributed by atoms with van der Waals surface area (Å²) < 4.78 is 5.61. The third kappa shape index (κ3) is 3.89. The van der Waals surface area contributed by atoms with Gasteiger partial charge in [-0.05, 0) is 24.5 Å². The maximum atomic E-state index is 12.2. The fourth-order valence-corrected chi connectivity index (χ4v) is 2.32. The molecular formula is C16H24N2O2. The summed E-state index contributed by atoms with van der Waals surface area (Å²) in [5, 5.41) is 6.22. The van der Waals surface area contributed by atoms with Crippen molar-refractivity contribution in [3.8, 4) is 5.75 Å². The van der Waals surface area contributed by atoms with Crippen molar-refractivity contribution in [2.24, 2.45) is 5.92 Å². The number of para-hydroxylation sites is 1. The van der Waals surface area contributed by atoms with Gasteiger partial charge in [0.1, 0.15) is 6.61 Å². The highest BCUT2D eigenvalue weighted by Gasteiger charge is 2.18. The quantitative estimate of drug-likeness (QED) is 0.785. The molecule has 1 aromatic carbocycles. The van der Waals surface area contributed by atoms with Gasteiger partial charge in [-0.2, -0.15) is 0 Å². The number of carbonyl (C=O) groups is 1. The van der Waals surface area contributed by atoms with Gasteiger partial charge in [0.25, 0.3) is 5.91 Å². The Hall–Kier alpha value is -1.71. The SMILES string of the molecule is CC(C)CCCCNC(=O)c1cccc2c1OCCN2. The summed E-state index contributed by atoms with van der Waals surface area (Å²) >= 11 is 0. The van der Waals surface area contributed by atoms with Crippen molar-refractivity contribution in [3.63, 3.8) is 0 Å². The van der Waals surface area contributed by atoms with E-state index in [0.29, 0.717) is 17.9 Å². The third-order valence-electron chi connectivity index (χ3n) is 3.42. The molecule has 0 saturated carbocycles. The lowest BCUT2D eigenvalue weighted by atomic mass is 10.1. The van der Waals surface area contributed by atoms with Gasteiger partial charge >= 0.3 is 0 Å². The summed E-state index contributed by atoms with van der Waals surface area (Å²) in [4.78, 5) is 12.2. The highest BCUT2D eigenvalue weighted by molar-refractivity contribution is 5.98. The molecule has 0 atom stereocenters. The minimum absolute atomic E-state index is 0.0462. The number of nitrogens with one attached hydrogen (secondary N) is 2. The first-order chi connectivity index (χ1) is 9.68. The molecule has 4 heteroatoms. The van der Waals surface area contributed by atoms with Gasteiger partial charge < -0.3 is 15.4 Å². The van der Waals surface area contributed by atoms with Crippen LogP contribution in [0.3, 0.4) is 0 Å². The number of unbranched alkanes of at least 4 members (excludes halogenated alkanes) is 1. The fourth-order valence-electron chi connectivity index (χ4n) is 2.32. The maximum absolute atomic E-state index is 12.2. The number of hydrogen-bond acceptors (Lipinski definition) is 3. The molecule has 0 aromatic heterocycles. The lowest BCUT2D eigenvalue weighted by molar-refractivity contribution is 0.0948. The molecule has 0 unspecified atom stereocenters. The van der Waals surface area contributed by atoms with Gasteiger partial charge in [0.05, 0.1) is 11.3 Å². The number of anilines is 1. The van der Waals surface area contributed by atoms with Crippen LogP contribution in [-0.2, 0) is 0 Å². The molecule has 0 fully saturated rings. The number of fused-ring (bicyclic) bond motifs is 1. The number of rotatable bonds is 6. The first kappa shape index (κ1) is 14.7. The van der Waals surface area contributed by atoms with E-state index in [1.54, 1.807) is 0 Å². The summed E-state index contributed by atoms with van der Waals surface area (Å²) in [7, 11) is 0. The second kappa shape index (κ2) is 7.17. The summed E-state index contributed by atoms with van der Waals surface area (Å²) in [6, 6.07) is 5.64. The van der Waals surface area contributed by atoms with Crippen LogP contribution in [0.25, 0.3) is 0 Å². The Balaban J connectivity index is 1.86. The zero-order valence-electron chi connectivity index (χ0n) is 12.4. The van der Waals surface area contributed by atoms with E-state index in [0.717, 1.165) is 37.5 Å². The fraction of sp³-hybridized carbons (Fsp3) is 0.562. The second-order valence-corrected chi connectivity index (χ2v) is 5.60. The number of ether oxygens (including phenoxy) is 1. The third-order valence-corrected chi connectivity index (χ3v) is 3.42. The molecule has 110 valence electrons. The Morgan fingerprint density at radius 3 is 3.05 bits per heavy atom. The monoisotopic (exact) mass is 276 g/mol. The normalized spacial score (nSPS) is 13.3. The Bertz CT molecular complexity index is 458. The molecule has 1 aliphatic heterocycles. The zero-order valence-corrected chi connectivity index (χ0v) is 12.4. The molecule has 20 heavy (non-hydrogen) atoms. The molecular weight excluding hydrogens is 252 g/mol. The van der Waals surface area contributed by atoms with Crippen LogP contribution in [0.2, 0.25) is 0 Å². The average Bonchev–Trinajstić information content (AvgIpc) is 2.45. The Labute approximate surface area is 120 Å². The maximum Gasteiger partial charge on any atom is 0.255 e. The largest absolute Gasteiger partial charge is 0.489 e. The smallest absolute Gasteiger partial charge is 0.255 e. The zero-order chi connectivity index (χ0) is 14.4. The number of benzene rings is 1. The van der Waals surface area contributed by atoms with Crippen LogP contribution in [-0.4, -0.2) is 25.6 Å². The van der Waals surface area contributed by atoms with Crippen LogP contribution in [0.4, 0.5) is 5.69 Å². The van der Waals surface area contributed by atoms with E-state index >= 15 is 0 Å². The molecule has 2 N–H and O–H groups in total.